The van der Waals surface area contributed by atoms with Crippen LogP contribution in [-0.4, -0.2) is 9.78 Å². The Hall–Kier alpha value is -1.19. The SMILES string of the molecule is CC(C)(C)n1cc(CNc2cccc(Cl)c2Cl)cn1. The molecule has 2 rings (SSSR count). The second-order valence-electron chi connectivity index (χ2n) is 5.42. The van der Waals surface area contributed by atoms with Gasteiger partial charge in [0.2, 0.25) is 0 Å². The van der Waals surface area contributed by atoms with Gasteiger partial charge in [0.05, 0.1) is 27.5 Å². The van der Waals surface area contributed by atoms with Crippen molar-refractivity contribution in [2.24, 2.45) is 0 Å². The van der Waals surface area contributed by atoms with Crippen LogP contribution in [0.4, 0.5) is 5.69 Å². The number of rotatable bonds is 3. The zero-order valence-corrected chi connectivity index (χ0v) is 12.8. The van der Waals surface area contributed by atoms with Crippen molar-refractivity contribution in [1.29, 1.82) is 0 Å². The van der Waals surface area contributed by atoms with Crippen molar-refractivity contribution in [1.82, 2.24) is 9.78 Å². The molecule has 1 heterocycles. The molecule has 0 unspecified atom stereocenters. The van der Waals surface area contributed by atoms with Crippen LogP contribution in [0.15, 0.2) is 30.6 Å². The van der Waals surface area contributed by atoms with Crippen molar-refractivity contribution in [3.63, 3.8) is 0 Å². The van der Waals surface area contributed by atoms with Gasteiger partial charge in [-0.1, -0.05) is 29.3 Å². The summed E-state index contributed by atoms with van der Waals surface area (Å²) in [6.07, 6.45) is 3.89. The van der Waals surface area contributed by atoms with Crippen molar-refractivity contribution in [2.75, 3.05) is 5.32 Å². The normalized spacial score (nSPS) is 11.6. The van der Waals surface area contributed by atoms with Crippen molar-refractivity contribution in [3.8, 4) is 0 Å². The van der Waals surface area contributed by atoms with Crippen molar-refractivity contribution >= 4 is 28.9 Å². The minimum absolute atomic E-state index is 0.00799. The molecule has 3 nitrogen and oxygen atoms in total. The molecule has 0 amide bonds. The average molecular weight is 298 g/mol. The van der Waals surface area contributed by atoms with E-state index < -0.39 is 0 Å². The number of anilines is 1. The van der Waals surface area contributed by atoms with E-state index in [1.54, 1.807) is 6.07 Å². The number of nitrogens with zero attached hydrogens (tertiary/aromatic N) is 2. The first-order valence-corrected chi connectivity index (χ1v) is 6.85. The number of aromatic nitrogens is 2. The van der Waals surface area contributed by atoms with Crippen LogP contribution in [0.5, 0.6) is 0 Å². The third kappa shape index (κ3) is 3.43. The van der Waals surface area contributed by atoms with Crippen molar-refractivity contribution in [2.45, 2.75) is 32.9 Å². The lowest BCUT2D eigenvalue weighted by molar-refractivity contribution is 0.355. The summed E-state index contributed by atoms with van der Waals surface area (Å²) in [6.45, 7) is 7.01. The van der Waals surface area contributed by atoms with Crippen LogP contribution in [0.25, 0.3) is 0 Å². The second kappa shape index (κ2) is 5.43. The van der Waals surface area contributed by atoms with Gasteiger partial charge in [0, 0.05) is 18.3 Å². The fraction of sp³-hybridized carbons (Fsp3) is 0.357. The number of nitrogens with one attached hydrogen (secondary N) is 1. The molecule has 0 aliphatic carbocycles. The third-order valence-electron chi connectivity index (χ3n) is 2.76. The summed E-state index contributed by atoms with van der Waals surface area (Å²) < 4.78 is 1.95. The number of benzene rings is 1. The standard InChI is InChI=1S/C14H17Cl2N3/c1-14(2,3)19-9-10(8-18-19)7-17-12-6-4-5-11(15)13(12)16/h4-6,8-9,17H,7H2,1-3H3. The highest BCUT2D eigenvalue weighted by Crippen LogP contribution is 2.29. The summed E-state index contributed by atoms with van der Waals surface area (Å²) in [6, 6.07) is 5.55. The predicted molar refractivity (Wildman–Crippen MR) is 81.0 cm³/mol. The largest absolute Gasteiger partial charge is 0.380 e. The lowest BCUT2D eigenvalue weighted by Gasteiger charge is -2.18. The summed E-state index contributed by atoms with van der Waals surface area (Å²) >= 11 is 12.1. The van der Waals surface area contributed by atoms with Crippen LogP contribution in [0.2, 0.25) is 10.0 Å². The van der Waals surface area contributed by atoms with Crippen LogP contribution in [0, 0.1) is 0 Å². The number of hydrogen-bond donors (Lipinski definition) is 1. The van der Waals surface area contributed by atoms with E-state index in [1.165, 1.54) is 0 Å². The fourth-order valence-electron chi connectivity index (χ4n) is 1.66. The van der Waals surface area contributed by atoms with Gasteiger partial charge in [0.1, 0.15) is 0 Å². The van der Waals surface area contributed by atoms with Gasteiger partial charge >= 0.3 is 0 Å². The van der Waals surface area contributed by atoms with Crippen LogP contribution in [0.3, 0.4) is 0 Å². The first kappa shape index (κ1) is 14.2. The third-order valence-corrected chi connectivity index (χ3v) is 3.58. The highest BCUT2D eigenvalue weighted by molar-refractivity contribution is 6.43. The number of hydrogen-bond acceptors (Lipinski definition) is 2. The Bertz CT molecular complexity index is 570. The topological polar surface area (TPSA) is 29.9 Å². The first-order valence-electron chi connectivity index (χ1n) is 6.10. The molecule has 0 radical (unpaired) electrons. The summed E-state index contributed by atoms with van der Waals surface area (Å²) in [7, 11) is 0. The molecule has 1 aromatic carbocycles. The van der Waals surface area contributed by atoms with E-state index in [0.717, 1.165) is 11.3 Å². The summed E-state index contributed by atoms with van der Waals surface area (Å²) in [5, 5.41) is 8.72. The van der Waals surface area contributed by atoms with Crippen LogP contribution < -0.4 is 5.32 Å². The minimum Gasteiger partial charge on any atom is -0.380 e. The average Bonchev–Trinajstić information content (AvgIpc) is 2.79. The summed E-state index contributed by atoms with van der Waals surface area (Å²) in [5.41, 5.74) is 1.93. The molecule has 0 spiro atoms. The fourth-order valence-corrected chi connectivity index (χ4v) is 2.02. The molecule has 0 aliphatic heterocycles. The van der Waals surface area contributed by atoms with Crippen LogP contribution in [0.1, 0.15) is 26.3 Å². The molecular weight excluding hydrogens is 281 g/mol. The second-order valence-corrected chi connectivity index (χ2v) is 6.20. The van der Waals surface area contributed by atoms with Gasteiger partial charge in [-0.25, -0.2) is 0 Å². The molecule has 1 aromatic heterocycles. The van der Waals surface area contributed by atoms with Crippen LogP contribution >= 0.6 is 23.2 Å². The van der Waals surface area contributed by atoms with Gasteiger partial charge in [0.25, 0.3) is 0 Å². The predicted octanol–water partition coefficient (Wildman–Crippen LogP) is 4.56. The molecule has 0 bridgehead atoms. The van der Waals surface area contributed by atoms with E-state index in [2.05, 4.69) is 31.2 Å². The van der Waals surface area contributed by atoms with E-state index in [9.17, 15) is 0 Å². The van der Waals surface area contributed by atoms with Gasteiger partial charge in [-0.2, -0.15) is 5.10 Å². The van der Waals surface area contributed by atoms with Gasteiger partial charge in [0.15, 0.2) is 0 Å². The maximum atomic E-state index is 6.12. The molecular formula is C14H17Cl2N3. The Kier molecular flexibility index (Phi) is 4.07. The van der Waals surface area contributed by atoms with E-state index >= 15 is 0 Å². The van der Waals surface area contributed by atoms with Crippen molar-refractivity contribution in [3.05, 3.63) is 46.2 Å². The van der Waals surface area contributed by atoms with E-state index in [4.69, 9.17) is 23.2 Å². The molecule has 0 fully saturated rings. The highest BCUT2D eigenvalue weighted by atomic mass is 35.5. The highest BCUT2D eigenvalue weighted by Gasteiger charge is 2.13. The van der Waals surface area contributed by atoms with Gasteiger partial charge in [-0.15, -0.1) is 0 Å². The summed E-state index contributed by atoms with van der Waals surface area (Å²) in [5.74, 6) is 0. The quantitative estimate of drug-likeness (QED) is 0.900. The van der Waals surface area contributed by atoms with E-state index in [-0.39, 0.29) is 5.54 Å². The van der Waals surface area contributed by atoms with Gasteiger partial charge in [-0.05, 0) is 32.9 Å². The Balaban J connectivity index is 2.07. The van der Waals surface area contributed by atoms with Gasteiger partial charge < -0.3 is 5.32 Å². The molecule has 102 valence electrons. The lowest BCUT2D eigenvalue weighted by atomic mass is 10.1. The van der Waals surface area contributed by atoms with Crippen molar-refractivity contribution < 1.29 is 0 Å². The summed E-state index contributed by atoms with van der Waals surface area (Å²) in [4.78, 5) is 0. The molecule has 0 atom stereocenters. The first-order chi connectivity index (χ1) is 8.88. The smallest absolute Gasteiger partial charge is 0.0823 e. The maximum absolute atomic E-state index is 6.12. The molecule has 0 aliphatic rings. The molecule has 0 saturated heterocycles. The lowest BCUT2D eigenvalue weighted by Crippen LogP contribution is -2.21. The Morgan fingerprint density at radius 1 is 1.26 bits per heavy atom. The number of halogens is 2. The Morgan fingerprint density at radius 3 is 2.63 bits per heavy atom. The zero-order valence-electron chi connectivity index (χ0n) is 11.2. The molecule has 19 heavy (non-hydrogen) atoms. The zero-order chi connectivity index (χ0) is 14.0. The van der Waals surface area contributed by atoms with E-state index in [0.29, 0.717) is 16.6 Å². The Labute approximate surface area is 123 Å². The molecule has 5 heteroatoms. The molecule has 2 aromatic rings. The monoisotopic (exact) mass is 297 g/mol. The molecule has 0 saturated carbocycles. The van der Waals surface area contributed by atoms with Crippen LogP contribution in [-0.2, 0) is 12.1 Å². The Morgan fingerprint density at radius 2 is 2.00 bits per heavy atom. The maximum Gasteiger partial charge on any atom is 0.0823 e. The molecule has 1 N–H and O–H groups in total. The minimum atomic E-state index is -0.00799. The van der Waals surface area contributed by atoms with E-state index in [1.807, 2.05) is 29.2 Å². The van der Waals surface area contributed by atoms with Gasteiger partial charge in [-0.3, -0.25) is 4.68 Å².